The molecule has 3 heterocycles. The molecular weight excluding hydrogens is 430 g/mol. The van der Waals surface area contributed by atoms with Gasteiger partial charge in [-0.15, -0.1) is 0 Å². The summed E-state index contributed by atoms with van der Waals surface area (Å²) in [5.74, 6) is -0.725. The molecule has 8 heteroatoms. The van der Waals surface area contributed by atoms with Crippen molar-refractivity contribution in [3.8, 4) is 0 Å². The Bertz CT molecular complexity index is 1400. The van der Waals surface area contributed by atoms with Crippen LogP contribution in [0.4, 0.5) is 5.69 Å². The van der Waals surface area contributed by atoms with E-state index in [1.807, 2.05) is 60.7 Å². The van der Waals surface area contributed by atoms with Gasteiger partial charge in [0.15, 0.2) is 0 Å². The number of amides is 2. The van der Waals surface area contributed by atoms with Crippen molar-refractivity contribution in [2.75, 3.05) is 11.4 Å². The molecule has 1 N–H and O–H groups in total. The van der Waals surface area contributed by atoms with Gasteiger partial charge >= 0.3 is 0 Å². The topological polar surface area (TPSA) is 97.2 Å². The van der Waals surface area contributed by atoms with Crippen molar-refractivity contribution in [2.45, 2.75) is 19.5 Å². The molecule has 1 atom stereocenters. The average molecular weight is 454 g/mol. The fraction of sp³-hybridized carbons (Fsp3) is 0.192. The molecule has 5 rings (SSSR count). The van der Waals surface area contributed by atoms with Crippen molar-refractivity contribution < 1.29 is 9.59 Å². The van der Waals surface area contributed by atoms with Crippen LogP contribution in [0.5, 0.6) is 0 Å². The number of nitrogens with one attached hydrogen (secondary N) is 1. The highest BCUT2D eigenvalue weighted by atomic mass is 16.2. The molecule has 0 bridgehead atoms. The molecule has 1 saturated heterocycles. The van der Waals surface area contributed by atoms with Gasteiger partial charge in [0.2, 0.25) is 11.8 Å². The number of anilines is 1. The van der Waals surface area contributed by atoms with Gasteiger partial charge in [-0.3, -0.25) is 19.4 Å². The average Bonchev–Trinajstić information content (AvgIpc) is 3.27. The number of hydrogen-bond acceptors (Lipinski definition) is 5. The Labute approximate surface area is 195 Å². The quantitative estimate of drug-likeness (QED) is 0.484. The molecule has 1 fully saturated rings. The van der Waals surface area contributed by atoms with Gasteiger partial charge in [0.1, 0.15) is 0 Å². The number of pyridine rings is 1. The van der Waals surface area contributed by atoms with E-state index in [1.165, 1.54) is 4.68 Å². The summed E-state index contributed by atoms with van der Waals surface area (Å²) in [7, 11) is 0. The summed E-state index contributed by atoms with van der Waals surface area (Å²) >= 11 is 0. The monoisotopic (exact) mass is 453 g/mol. The highest BCUT2D eigenvalue weighted by molar-refractivity contribution is 6.00. The van der Waals surface area contributed by atoms with E-state index >= 15 is 0 Å². The van der Waals surface area contributed by atoms with E-state index in [1.54, 1.807) is 23.2 Å². The Morgan fingerprint density at radius 1 is 0.941 bits per heavy atom. The number of rotatable bonds is 6. The second-order valence-corrected chi connectivity index (χ2v) is 8.23. The van der Waals surface area contributed by atoms with Gasteiger partial charge in [-0.1, -0.05) is 42.5 Å². The van der Waals surface area contributed by atoms with Gasteiger partial charge in [0, 0.05) is 30.2 Å². The normalized spacial score (nSPS) is 15.6. The van der Waals surface area contributed by atoms with Gasteiger partial charge in [0.25, 0.3) is 5.56 Å². The number of carbonyl (C=O) groups excluding carboxylic acids is 2. The smallest absolute Gasteiger partial charge is 0.275 e. The molecule has 0 radical (unpaired) electrons. The Morgan fingerprint density at radius 2 is 1.68 bits per heavy atom. The molecule has 1 aliphatic heterocycles. The maximum absolute atomic E-state index is 13.0. The summed E-state index contributed by atoms with van der Waals surface area (Å²) < 4.78 is 1.38. The second-order valence-electron chi connectivity index (χ2n) is 8.23. The fourth-order valence-corrected chi connectivity index (χ4v) is 4.24. The predicted octanol–water partition coefficient (Wildman–Crippen LogP) is 2.51. The zero-order chi connectivity index (χ0) is 23.5. The third-order valence-corrected chi connectivity index (χ3v) is 5.98. The third kappa shape index (κ3) is 4.30. The van der Waals surface area contributed by atoms with Crippen LogP contribution in [-0.2, 0) is 22.7 Å². The lowest BCUT2D eigenvalue weighted by molar-refractivity contribution is -0.126. The van der Waals surface area contributed by atoms with Crippen LogP contribution in [0.2, 0.25) is 0 Å². The minimum absolute atomic E-state index is 0.0705. The Hall–Kier alpha value is -4.33. The van der Waals surface area contributed by atoms with Gasteiger partial charge < -0.3 is 10.2 Å². The standard InChI is InChI=1S/C26H23N5O3/c32-24-14-18(16-30(24)20-9-2-1-3-10-20)25(33)28-15-23-21-11-4-5-12-22(21)26(34)31(29-23)17-19-8-6-7-13-27-19/h1-13,18H,14-17H2,(H,28,33). The summed E-state index contributed by atoms with van der Waals surface area (Å²) in [6.45, 7) is 0.717. The molecule has 0 aliphatic carbocycles. The van der Waals surface area contributed by atoms with Crippen molar-refractivity contribution in [3.05, 3.63) is 101 Å². The molecule has 1 aliphatic rings. The summed E-state index contributed by atoms with van der Waals surface area (Å²) in [6.07, 6.45) is 1.83. The number of nitrogens with zero attached hydrogens (tertiary/aromatic N) is 4. The maximum atomic E-state index is 13.0. The lowest BCUT2D eigenvalue weighted by Crippen LogP contribution is -2.34. The van der Waals surface area contributed by atoms with Crippen molar-refractivity contribution in [1.29, 1.82) is 0 Å². The summed E-state index contributed by atoms with van der Waals surface area (Å²) in [5, 5.41) is 8.69. The van der Waals surface area contributed by atoms with Crippen LogP contribution >= 0.6 is 0 Å². The fourth-order valence-electron chi connectivity index (χ4n) is 4.24. The molecule has 170 valence electrons. The molecule has 8 nitrogen and oxygen atoms in total. The van der Waals surface area contributed by atoms with Crippen molar-refractivity contribution in [3.63, 3.8) is 0 Å². The number of hydrogen-bond donors (Lipinski definition) is 1. The highest BCUT2D eigenvalue weighted by Crippen LogP contribution is 2.25. The van der Waals surface area contributed by atoms with Crippen LogP contribution in [0.3, 0.4) is 0 Å². The first-order valence-electron chi connectivity index (χ1n) is 11.1. The lowest BCUT2D eigenvalue weighted by atomic mass is 10.1. The highest BCUT2D eigenvalue weighted by Gasteiger charge is 2.35. The van der Waals surface area contributed by atoms with E-state index in [-0.39, 0.29) is 36.9 Å². The van der Waals surface area contributed by atoms with Crippen molar-refractivity contribution >= 4 is 28.3 Å². The molecule has 1 unspecified atom stereocenters. The SMILES string of the molecule is O=C(NCc1nn(Cc2ccccn2)c(=O)c2ccccc12)C1CC(=O)N(c2ccccc2)C1. The minimum Gasteiger partial charge on any atom is -0.350 e. The molecular formula is C26H23N5O3. The number of fused-ring (bicyclic) bond motifs is 1. The largest absolute Gasteiger partial charge is 0.350 e. The van der Waals surface area contributed by atoms with Crippen LogP contribution in [0.1, 0.15) is 17.8 Å². The Morgan fingerprint density at radius 3 is 2.44 bits per heavy atom. The Kier molecular flexibility index (Phi) is 5.86. The van der Waals surface area contributed by atoms with E-state index in [4.69, 9.17) is 0 Å². The molecule has 2 amide bonds. The first kappa shape index (κ1) is 21.5. The van der Waals surface area contributed by atoms with E-state index in [0.29, 0.717) is 28.7 Å². The van der Waals surface area contributed by atoms with Gasteiger partial charge in [-0.2, -0.15) is 5.10 Å². The third-order valence-electron chi connectivity index (χ3n) is 5.98. The predicted molar refractivity (Wildman–Crippen MR) is 128 cm³/mol. The zero-order valence-electron chi connectivity index (χ0n) is 18.4. The van der Waals surface area contributed by atoms with Crippen LogP contribution in [0.25, 0.3) is 10.8 Å². The molecule has 4 aromatic rings. The summed E-state index contributed by atoms with van der Waals surface area (Å²) in [5.41, 5.74) is 1.88. The van der Waals surface area contributed by atoms with E-state index in [2.05, 4.69) is 15.4 Å². The van der Waals surface area contributed by atoms with E-state index in [9.17, 15) is 14.4 Å². The van der Waals surface area contributed by atoms with Gasteiger partial charge in [-0.25, -0.2) is 4.68 Å². The second kappa shape index (κ2) is 9.27. The lowest BCUT2D eigenvalue weighted by Gasteiger charge is -2.16. The first-order valence-corrected chi connectivity index (χ1v) is 11.1. The minimum atomic E-state index is -0.446. The van der Waals surface area contributed by atoms with Crippen LogP contribution in [0, 0.1) is 5.92 Å². The maximum Gasteiger partial charge on any atom is 0.275 e. The van der Waals surface area contributed by atoms with E-state index in [0.717, 1.165) is 5.69 Å². The van der Waals surface area contributed by atoms with Crippen molar-refractivity contribution in [1.82, 2.24) is 20.1 Å². The van der Waals surface area contributed by atoms with Gasteiger partial charge in [0.05, 0.1) is 35.8 Å². The zero-order valence-corrected chi connectivity index (χ0v) is 18.4. The number of para-hydroxylation sites is 1. The molecule has 0 saturated carbocycles. The Balaban J connectivity index is 1.35. The number of aromatic nitrogens is 3. The first-order chi connectivity index (χ1) is 16.6. The molecule has 2 aromatic heterocycles. The molecule has 0 spiro atoms. The van der Waals surface area contributed by atoms with Crippen LogP contribution in [-0.4, -0.2) is 33.1 Å². The van der Waals surface area contributed by atoms with Gasteiger partial charge in [-0.05, 0) is 30.3 Å². The number of benzene rings is 2. The van der Waals surface area contributed by atoms with E-state index < -0.39 is 5.92 Å². The summed E-state index contributed by atoms with van der Waals surface area (Å²) in [4.78, 5) is 44.3. The molecule has 34 heavy (non-hydrogen) atoms. The van der Waals surface area contributed by atoms with Crippen LogP contribution < -0.4 is 15.8 Å². The number of carbonyl (C=O) groups is 2. The summed E-state index contributed by atoms with van der Waals surface area (Å²) in [6, 6.07) is 22.1. The van der Waals surface area contributed by atoms with Crippen molar-refractivity contribution in [2.24, 2.45) is 5.92 Å². The van der Waals surface area contributed by atoms with Crippen LogP contribution in [0.15, 0.2) is 83.8 Å². The molecule has 2 aromatic carbocycles.